The molecule has 23 heavy (non-hydrogen) atoms. The fourth-order valence-corrected chi connectivity index (χ4v) is 2.71. The van der Waals surface area contributed by atoms with E-state index in [1.807, 2.05) is 19.9 Å². The van der Waals surface area contributed by atoms with Crippen molar-refractivity contribution in [1.82, 2.24) is 5.32 Å². The molecule has 0 fully saturated rings. The molecular formula is C17H16Cl2N2O2. The van der Waals surface area contributed by atoms with Crippen molar-refractivity contribution in [2.24, 2.45) is 0 Å². The topological polar surface area (TPSA) is 58.2 Å². The molecule has 0 aliphatic heterocycles. The van der Waals surface area contributed by atoms with E-state index < -0.39 is 0 Å². The van der Waals surface area contributed by atoms with Gasteiger partial charge in [-0.25, -0.2) is 0 Å². The van der Waals surface area contributed by atoms with Crippen LogP contribution in [0.15, 0.2) is 36.4 Å². The van der Waals surface area contributed by atoms with Gasteiger partial charge in [-0.05, 0) is 49.2 Å². The smallest absolute Gasteiger partial charge is 0.251 e. The van der Waals surface area contributed by atoms with E-state index in [-0.39, 0.29) is 18.4 Å². The first-order valence-corrected chi connectivity index (χ1v) is 7.73. The normalized spacial score (nSPS) is 10.3. The zero-order valence-corrected chi connectivity index (χ0v) is 14.3. The van der Waals surface area contributed by atoms with Crippen LogP contribution in [0.1, 0.15) is 21.5 Å². The second kappa shape index (κ2) is 7.49. The number of rotatable bonds is 4. The molecule has 0 aliphatic carbocycles. The molecule has 4 nitrogen and oxygen atoms in total. The van der Waals surface area contributed by atoms with Crippen LogP contribution >= 0.6 is 23.2 Å². The van der Waals surface area contributed by atoms with Crippen LogP contribution in [0, 0.1) is 13.8 Å². The molecule has 0 aliphatic rings. The lowest BCUT2D eigenvalue weighted by atomic mass is 10.1. The van der Waals surface area contributed by atoms with Crippen molar-refractivity contribution >= 4 is 40.7 Å². The van der Waals surface area contributed by atoms with Crippen molar-refractivity contribution in [3.05, 3.63) is 63.1 Å². The maximum Gasteiger partial charge on any atom is 0.251 e. The van der Waals surface area contributed by atoms with Gasteiger partial charge >= 0.3 is 0 Å². The molecule has 2 rings (SSSR count). The highest BCUT2D eigenvalue weighted by molar-refractivity contribution is 6.34. The van der Waals surface area contributed by atoms with Crippen molar-refractivity contribution in [2.75, 3.05) is 11.9 Å². The molecule has 0 heterocycles. The molecule has 2 aromatic carbocycles. The summed E-state index contributed by atoms with van der Waals surface area (Å²) < 4.78 is 0. The van der Waals surface area contributed by atoms with Gasteiger partial charge in [0, 0.05) is 10.6 Å². The van der Waals surface area contributed by atoms with Crippen molar-refractivity contribution in [2.45, 2.75) is 13.8 Å². The number of nitrogens with one attached hydrogen (secondary N) is 2. The van der Waals surface area contributed by atoms with Gasteiger partial charge < -0.3 is 10.6 Å². The first kappa shape index (κ1) is 17.3. The van der Waals surface area contributed by atoms with Gasteiger partial charge in [0.15, 0.2) is 0 Å². The highest BCUT2D eigenvalue weighted by Gasteiger charge is 2.11. The van der Waals surface area contributed by atoms with Crippen LogP contribution in [0.4, 0.5) is 5.69 Å². The van der Waals surface area contributed by atoms with E-state index in [1.54, 1.807) is 24.3 Å². The monoisotopic (exact) mass is 350 g/mol. The molecule has 0 saturated carbocycles. The molecule has 2 amide bonds. The standard InChI is InChI=1S/C17H16Cl2N2O2/c1-10-6-11(2)16(14(19)7-10)21-15(22)9-20-17(23)12-4-3-5-13(18)8-12/h3-8H,9H2,1-2H3,(H,20,23)(H,21,22). The van der Waals surface area contributed by atoms with Crippen LogP contribution in [0.3, 0.4) is 0 Å². The van der Waals surface area contributed by atoms with Crippen molar-refractivity contribution < 1.29 is 9.59 Å². The molecule has 120 valence electrons. The number of carbonyl (C=O) groups excluding carboxylic acids is 2. The predicted molar refractivity (Wildman–Crippen MR) is 93.3 cm³/mol. The number of benzene rings is 2. The van der Waals surface area contributed by atoms with Crippen LogP contribution in [0.2, 0.25) is 10.0 Å². The Hall–Kier alpha value is -2.04. The van der Waals surface area contributed by atoms with Crippen LogP contribution in [0.25, 0.3) is 0 Å². The Morgan fingerprint density at radius 3 is 2.48 bits per heavy atom. The van der Waals surface area contributed by atoms with Gasteiger partial charge in [0.05, 0.1) is 17.3 Å². The predicted octanol–water partition coefficient (Wildman–Crippen LogP) is 3.98. The average Bonchev–Trinajstić information content (AvgIpc) is 2.48. The van der Waals surface area contributed by atoms with Gasteiger partial charge in [0.1, 0.15) is 0 Å². The van der Waals surface area contributed by atoms with Gasteiger partial charge in [-0.1, -0.05) is 35.3 Å². The zero-order chi connectivity index (χ0) is 17.0. The highest BCUT2D eigenvalue weighted by Crippen LogP contribution is 2.27. The van der Waals surface area contributed by atoms with Crippen molar-refractivity contribution in [1.29, 1.82) is 0 Å². The summed E-state index contributed by atoms with van der Waals surface area (Å²) in [4.78, 5) is 24.0. The SMILES string of the molecule is Cc1cc(C)c(NC(=O)CNC(=O)c2cccc(Cl)c2)c(Cl)c1. The number of hydrogen-bond donors (Lipinski definition) is 2. The summed E-state index contributed by atoms with van der Waals surface area (Å²) in [5.74, 6) is -0.719. The summed E-state index contributed by atoms with van der Waals surface area (Å²) in [7, 11) is 0. The molecule has 0 atom stereocenters. The fourth-order valence-electron chi connectivity index (χ4n) is 2.15. The van der Waals surface area contributed by atoms with Crippen molar-refractivity contribution in [3.8, 4) is 0 Å². The minimum absolute atomic E-state index is 0.158. The molecule has 0 saturated heterocycles. The Bertz CT molecular complexity index is 737. The molecule has 0 bridgehead atoms. The van der Waals surface area contributed by atoms with Gasteiger partial charge in [0.2, 0.25) is 5.91 Å². The Kier molecular flexibility index (Phi) is 5.64. The number of halogens is 2. The average molecular weight is 351 g/mol. The summed E-state index contributed by atoms with van der Waals surface area (Å²) in [6.07, 6.45) is 0. The van der Waals surface area contributed by atoms with Crippen LogP contribution in [-0.2, 0) is 4.79 Å². The quantitative estimate of drug-likeness (QED) is 0.875. The summed E-state index contributed by atoms with van der Waals surface area (Å²) in [6.45, 7) is 3.63. The van der Waals surface area contributed by atoms with Gasteiger partial charge in [-0.15, -0.1) is 0 Å². The summed E-state index contributed by atoms with van der Waals surface area (Å²) >= 11 is 12.0. The molecule has 2 aromatic rings. The number of amides is 2. The lowest BCUT2D eigenvalue weighted by molar-refractivity contribution is -0.115. The van der Waals surface area contributed by atoms with E-state index in [4.69, 9.17) is 23.2 Å². The van der Waals surface area contributed by atoms with Gasteiger partial charge in [0.25, 0.3) is 5.91 Å². The number of anilines is 1. The van der Waals surface area contributed by atoms with E-state index in [2.05, 4.69) is 10.6 Å². The summed E-state index contributed by atoms with van der Waals surface area (Å²) in [5.41, 5.74) is 2.83. The largest absolute Gasteiger partial charge is 0.343 e. The Balaban J connectivity index is 1.97. The lowest BCUT2D eigenvalue weighted by Crippen LogP contribution is -2.33. The van der Waals surface area contributed by atoms with E-state index >= 15 is 0 Å². The number of carbonyl (C=O) groups is 2. The molecule has 6 heteroatoms. The lowest BCUT2D eigenvalue weighted by Gasteiger charge is -2.12. The second-order valence-electron chi connectivity index (χ2n) is 5.18. The van der Waals surface area contributed by atoms with E-state index in [1.165, 1.54) is 6.07 Å². The summed E-state index contributed by atoms with van der Waals surface area (Å²) in [6, 6.07) is 10.2. The maximum absolute atomic E-state index is 12.0. The Morgan fingerprint density at radius 1 is 1.09 bits per heavy atom. The number of aryl methyl sites for hydroxylation is 2. The molecule has 0 aromatic heterocycles. The Labute approximate surface area is 144 Å². The first-order chi connectivity index (χ1) is 10.9. The third-order valence-corrected chi connectivity index (χ3v) is 3.73. The third kappa shape index (κ3) is 4.71. The zero-order valence-electron chi connectivity index (χ0n) is 12.7. The van der Waals surface area contributed by atoms with E-state index in [9.17, 15) is 9.59 Å². The van der Waals surface area contributed by atoms with Crippen molar-refractivity contribution in [3.63, 3.8) is 0 Å². The fraction of sp³-hybridized carbons (Fsp3) is 0.176. The maximum atomic E-state index is 12.0. The van der Waals surface area contributed by atoms with Gasteiger partial charge in [-0.2, -0.15) is 0 Å². The van der Waals surface area contributed by atoms with Gasteiger partial charge in [-0.3, -0.25) is 9.59 Å². The Morgan fingerprint density at radius 2 is 1.83 bits per heavy atom. The second-order valence-corrected chi connectivity index (χ2v) is 6.02. The molecular weight excluding hydrogens is 335 g/mol. The van der Waals surface area contributed by atoms with Crippen LogP contribution in [-0.4, -0.2) is 18.4 Å². The highest BCUT2D eigenvalue weighted by atomic mass is 35.5. The molecule has 2 N–H and O–H groups in total. The number of hydrogen-bond acceptors (Lipinski definition) is 2. The molecule has 0 spiro atoms. The van der Waals surface area contributed by atoms with E-state index in [0.717, 1.165) is 11.1 Å². The minimum atomic E-state index is -0.366. The molecule has 0 unspecified atom stereocenters. The first-order valence-electron chi connectivity index (χ1n) is 6.97. The van der Waals surface area contributed by atoms with E-state index in [0.29, 0.717) is 21.3 Å². The minimum Gasteiger partial charge on any atom is -0.343 e. The summed E-state index contributed by atoms with van der Waals surface area (Å²) in [5, 5.41) is 6.19. The third-order valence-electron chi connectivity index (χ3n) is 3.19. The van der Waals surface area contributed by atoms with Crippen LogP contribution in [0.5, 0.6) is 0 Å². The molecule has 0 radical (unpaired) electrons. The van der Waals surface area contributed by atoms with Crippen LogP contribution < -0.4 is 10.6 Å².